The molecule has 0 radical (unpaired) electrons. The summed E-state index contributed by atoms with van der Waals surface area (Å²) in [7, 11) is 1.36. The zero-order valence-corrected chi connectivity index (χ0v) is 13.6. The van der Waals surface area contributed by atoms with Gasteiger partial charge in [0.1, 0.15) is 5.69 Å². The minimum Gasteiger partial charge on any atom is -0.334 e. The number of carbonyl (C=O) groups excluding carboxylic acids is 1. The maximum absolute atomic E-state index is 12.9. The summed E-state index contributed by atoms with van der Waals surface area (Å²) in [5, 5.41) is 3.45. The Balaban J connectivity index is 1.85. The van der Waals surface area contributed by atoms with Gasteiger partial charge in [-0.25, -0.2) is 0 Å². The minimum atomic E-state index is -4.58. The van der Waals surface area contributed by atoms with Crippen LogP contribution in [0.15, 0.2) is 4.47 Å². The van der Waals surface area contributed by atoms with Gasteiger partial charge in [0.2, 0.25) is 0 Å². The molecule has 1 amide bonds. The van der Waals surface area contributed by atoms with Crippen molar-refractivity contribution >= 4 is 21.8 Å². The van der Waals surface area contributed by atoms with E-state index in [1.165, 1.54) is 7.05 Å². The fourth-order valence-electron chi connectivity index (χ4n) is 3.24. The Kier molecular flexibility index (Phi) is 3.96. The van der Waals surface area contributed by atoms with E-state index in [-0.39, 0.29) is 10.2 Å². The molecule has 22 heavy (non-hydrogen) atoms. The molecule has 0 bridgehead atoms. The van der Waals surface area contributed by atoms with Crippen LogP contribution in [0.25, 0.3) is 0 Å². The van der Waals surface area contributed by atoms with Gasteiger partial charge in [0.15, 0.2) is 5.69 Å². The lowest BCUT2D eigenvalue weighted by atomic mass is 10.1. The minimum absolute atomic E-state index is 0.0428. The van der Waals surface area contributed by atoms with Crippen LogP contribution in [-0.4, -0.2) is 57.7 Å². The molecule has 0 saturated carbocycles. The molecule has 2 aliphatic heterocycles. The van der Waals surface area contributed by atoms with E-state index >= 15 is 0 Å². The van der Waals surface area contributed by atoms with Gasteiger partial charge in [0.25, 0.3) is 5.91 Å². The highest BCUT2D eigenvalue weighted by molar-refractivity contribution is 9.10. The van der Waals surface area contributed by atoms with E-state index < -0.39 is 17.8 Å². The SMILES string of the molecule is Cn1nc(C(F)(F)F)c(Br)c1C(=O)N1CCN2CCCC2C1. The van der Waals surface area contributed by atoms with Crippen molar-refractivity contribution in [3.05, 3.63) is 15.9 Å². The Bertz CT molecular complexity index is 601. The number of aryl methyl sites for hydroxylation is 1. The number of piperazine rings is 1. The first-order valence-electron chi connectivity index (χ1n) is 7.12. The maximum atomic E-state index is 12.9. The van der Waals surface area contributed by atoms with Crippen LogP contribution >= 0.6 is 15.9 Å². The van der Waals surface area contributed by atoms with Gasteiger partial charge in [-0.3, -0.25) is 14.4 Å². The van der Waals surface area contributed by atoms with Crippen molar-refractivity contribution in [3.8, 4) is 0 Å². The number of amides is 1. The molecule has 122 valence electrons. The predicted octanol–water partition coefficient (Wildman–Crippen LogP) is 2.12. The molecule has 1 aromatic rings. The molecule has 5 nitrogen and oxygen atoms in total. The highest BCUT2D eigenvalue weighted by Crippen LogP contribution is 2.36. The number of rotatable bonds is 1. The fraction of sp³-hybridized carbons (Fsp3) is 0.692. The van der Waals surface area contributed by atoms with Crippen LogP contribution in [0, 0.1) is 0 Å². The molecule has 0 aliphatic carbocycles. The molecule has 3 heterocycles. The Hall–Kier alpha value is -1.09. The van der Waals surface area contributed by atoms with E-state index in [9.17, 15) is 18.0 Å². The van der Waals surface area contributed by atoms with E-state index in [4.69, 9.17) is 0 Å². The van der Waals surface area contributed by atoms with Gasteiger partial charge >= 0.3 is 6.18 Å². The molecule has 2 aliphatic rings. The maximum Gasteiger partial charge on any atom is 0.436 e. The zero-order chi connectivity index (χ0) is 16.1. The third-order valence-electron chi connectivity index (χ3n) is 4.34. The van der Waals surface area contributed by atoms with Crippen molar-refractivity contribution in [2.24, 2.45) is 7.05 Å². The van der Waals surface area contributed by atoms with Gasteiger partial charge in [0.05, 0.1) is 4.47 Å². The highest BCUT2D eigenvalue weighted by Gasteiger charge is 2.41. The Labute approximate surface area is 134 Å². The average Bonchev–Trinajstić information content (AvgIpc) is 3.01. The molecule has 3 rings (SSSR count). The molecular weight excluding hydrogens is 365 g/mol. The second-order valence-electron chi connectivity index (χ2n) is 5.72. The molecule has 9 heteroatoms. The number of nitrogens with zero attached hydrogens (tertiary/aromatic N) is 4. The highest BCUT2D eigenvalue weighted by atomic mass is 79.9. The molecule has 0 aromatic carbocycles. The summed E-state index contributed by atoms with van der Waals surface area (Å²) >= 11 is 2.90. The summed E-state index contributed by atoms with van der Waals surface area (Å²) in [6.45, 7) is 2.92. The van der Waals surface area contributed by atoms with E-state index in [1.807, 2.05) is 0 Å². The Morgan fingerprint density at radius 2 is 2.05 bits per heavy atom. The largest absolute Gasteiger partial charge is 0.436 e. The lowest BCUT2D eigenvalue weighted by molar-refractivity contribution is -0.142. The molecular formula is C13H16BrF3N4O. The number of hydrogen-bond donors (Lipinski definition) is 0. The molecule has 1 aromatic heterocycles. The standard InChI is InChI=1S/C13H16BrF3N4O/c1-19-10(9(14)11(18-19)13(15,16)17)12(22)21-6-5-20-4-2-3-8(20)7-21/h8H,2-7H2,1H3. The monoisotopic (exact) mass is 380 g/mol. The molecule has 1 atom stereocenters. The van der Waals surface area contributed by atoms with Gasteiger partial charge in [0, 0.05) is 32.7 Å². The van der Waals surface area contributed by atoms with Gasteiger partial charge in [-0.15, -0.1) is 0 Å². The molecule has 0 spiro atoms. The smallest absolute Gasteiger partial charge is 0.334 e. The van der Waals surface area contributed by atoms with E-state index in [0.717, 1.165) is 30.6 Å². The van der Waals surface area contributed by atoms with Crippen LogP contribution in [0.5, 0.6) is 0 Å². The van der Waals surface area contributed by atoms with Crippen LogP contribution in [0.4, 0.5) is 13.2 Å². The van der Waals surface area contributed by atoms with Crippen molar-refractivity contribution in [1.82, 2.24) is 19.6 Å². The summed E-state index contributed by atoms with van der Waals surface area (Å²) in [6.07, 6.45) is -2.44. The quantitative estimate of drug-likeness (QED) is 0.749. The Morgan fingerprint density at radius 1 is 1.32 bits per heavy atom. The van der Waals surface area contributed by atoms with Crippen molar-refractivity contribution in [1.29, 1.82) is 0 Å². The first-order valence-corrected chi connectivity index (χ1v) is 7.91. The number of halogens is 4. The van der Waals surface area contributed by atoms with E-state index in [1.54, 1.807) is 4.90 Å². The zero-order valence-electron chi connectivity index (χ0n) is 12.0. The lowest BCUT2D eigenvalue weighted by Crippen LogP contribution is -2.52. The van der Waals surface area contributed by atoms with Crippen LogP contribution in [-0.2, 0) is 13.2 Å². The topological polar surface area (TPSA) is 41.4 Å². The average molecular weight is 381 g/mol. The molecule has 2 saturated heterocycles. The Morgan fingerprint density at radius 3 is 2.68 bits per heavy atom. The van der Waals surface area contributed by atoms with Crippen molar-refractivity contribution in [3.63, 3.8) is 0 Å². The van der Waals surface area contributed by atoms with Crippen molar-refractivity contribution in [2.75, 3.05) is 26.2 Å². The molecule has 2 fully saturated rings. The number of carbonyl (C=O) groups is 1. The van der Waals surface area contributed by atoms with E-state index in [2.05, 4.69) is 25.9 Å². The summed E-state index contributed by atoms with van der Waals surface area (Å²) in [4.78, 5) is 16.6. The second kappa shape index (κ2) is 5.52. The summed E-state index contributed by atoms with van der Waals surface area (Å²) in [6, 6.07) is 0.326. The summed E-state index contributed by atoms with van der Waals surface area (Å²) in [5.74, 6) is -0.399. The van der Waals surface area contributed by atoms with Gasteiger partial charge in [-0.1, -0.05) is 0 Å². The van der Waals surface area contributed by atoms with Gasteiger partial charge in [-0.05, 0) is 35.3 Å². The third-order valence-corrected chi connectivity index (χ3v) is 5.09. The number of fused-ring (bicyclic) bond motifs is 1. The second-order valence-corrected chi connectivity index (χ2v) is 6.51. The molecule has 0 N–H and O–H groups in total. The normalized spacial score (nSPS) is 23.0. The number of alkyl halides is 3. The van der Waals surface area contributed by atoms with Crippen LogP contribution in [0.2, 0.25) is 0 Å². The fourth-order valence-corrected chi connectivity index (χ4v) is 3.97. The first kappa shape index (κ1) is 15.8. The number of aromatic nitrogens is 2. The predicted molar refractivity (Wildman–Crippen MR) is 76.4 cm³/mol. The van der Waals surface area contributed by atoms with Crippen LogP contribution in [0.1, 0.15) is 29.0 Å². The van der Waals surface area contributed by atoms with Crippen LogP contribution < -0.4 is 0 Å². The summed E-state index contributed by atoms with van der Waals surface area (Å²) in [5.41, 5.74) is -1.10. The van der Waals surface area contributed by atoms with E-state index in [0.29, 0.717) is 19.1 Å². The molecule has 1 unspecified atom stereocenters. The van der Waals surface area contributed by atoms with Gasteiger partial charge in [-0.2, -0.15) is 18.3 Å². The van der Waals surface area contributed by atoms with Crippen molar-refractivity contribution < 1.29 is 18.0 Å². The summed E-state index contributed by atoms with van der Waals surface area (Å²) < 4.78 is 39.4. The number of hydrogen-bond acceptors (Lipinski definition) is 3. The van der Waals surface area contributed by atoms with Crippen LogP contribution in [0.3, 0.4) is 0 Å². The lowest BCUT2D eigenvalue weighted by Gasteiger charge is -2.37. The third kappa shape index (κ3) is 2.64. The van der Waals surface area contributed by atoms with Gasteiger partial charge < -0.3 is 4.90 Å². The van der Waals surface area contributed by atoms with Crippen molar-refractivity contribution in [2.45, 2.75) is 25.1 Å². The first-order chi connectivity index (χ1) is 10.3.